The van der Waals surface area contributed by atoms with Gasteiger partial charge in [-0.3, -0.25) is 4.99 Å². The standard InChI is InChI=1S/C15H21BrN4O.HI/c1-17-15(18-7-6-14-5-4-8-21-14)20(3)11-13-9-12(16)10-19(13)2;/h4-5,8-10H,6-7,11H2,1-3H3,(H,17,18);1H. The van der Waals surface area contributed by atoms with E-state index in [1.54, 1.807) is 13.3 Å². The van der Waals surface area contributed by atoms with Crippen molar-refractivity contribution in [2.75, 3.05) is 20.6 Å². The number of hydrogen-bond donors (Lipinski definition) is 1. The van der Waals surface area contributed by atoms with Gasteiger partial charge in [0.25, 0.3) is 0 Å². The Morgan fingerprint density at radius 3 is 2.82 bits per heavy atom. The fourth-order valence-corrected chi connectivity index (χ4v) is 2.75. The highest BCUT2D eigenvalue weighted by molar-refractivity contribution is 14.0. The first-order chi connectivity index (χ1) is 10.1. The van der Waals surface area contributed by atoms with Gasteiger partial charge in [0.2, 0.25) is 0 Å². The van der Waals surface area contributed by atoms with E-state index in [1.807, 2.05) is 26.2 Å². The van der Waals surface area contributed by atoms with E-state index in [9.17, 15) is 0 Å². The SMILES string of the molecule is CN=C(NCCc1ccco1)N(C)Cc1cc(Br)cn1C.I. The molecule has 122 valence electrons. The number of furan rings is 1. The Kier molecular flexibility index (Phi) is 8.02. The van der Waals surface area contributed by atoms with Crippen LogP contribution in [0.15, 0.2) is 44.5 Å². The zero-order valence-electron chi connectivity index (χ0n) is 13.0. The smallest absolute Gasteiger partial charge is 0.193 e. The van der Waals surface area contributed by atoms with Crippen molar-refractivity contribution in [3.05, 3.63) is 46.6 Å². The van der Waals surface area contributed by atoms with Crippen LogP contribution in [-0.4, -0.2) is 36.1 Å². The van der Waals surface area contributed by atoms with Crippen LogP contribution < -0.4 is 5.32 Å². The lowest BCUT2D eigenvalue weighted by molar-refractivity contribution is 0.457. The Labute approximate surface area is 156 Å². The predicted molar refractivity (Wildman–Crippen MR) is 104 cm³/mol. The molecule has 2 heterocycles. The van der Waals surface area contributed by atoms with E-state index >= 15 is 0 Å². The molecule has 0 atom stereocenters. The molecule has 0 saturated heterocycles. The van der Waals surface area contributed by atoms with Gasteiger partial charge in [-0.15, -0.1) is 24.0 Å². The molecular weight excluding hydrogens is 459 g/mol. The van der Waals surface area contributed by atoms with Crippen molar-refractivity contribution in [2.45, 2.75) is 13.0 Å². The summed E-state index contributed by atoms with van der Waals surface area (Å²) in [5.41, 5.74) is 1.22. The Hall–Kier alpha value is -0.960. The molecular formula is C15H22BrIN4O. The zero-order chi connectivity index (χ0) is 15.2. The van der Waals surface area contributed by atoms with Crippen LogP contribution in [-0.2, 0) is 20.0 Å². The first-order valence-corrected chi connectivity index (χ1v) is 7.64. The van der Waals surface area contributed by atoms with Gasteiger partial charge in [0, 0.05) is 50.5 Å². The fraction of sp³-hybridized carbons (Fsp3) is 0.400. The minimum Gasteiger partial charge on any atom is -0.469 e. The van der Waals surface area contributed by atoms with Gasteiger partial charge in [-0.1, -0.05) is 0 Å². The van der Waals surface area contributed by atoms with Crippen LogP contribution in [0.4, 0.5) is 0 Å². The first-order valence-electron chi connectivity index (χ1n) is 6.85. The zero-order valence-corrected chi connectivity index (χ0v) is 17.0. The second-order valence-corrected chi connectivity index (χ2v) is 5.84. The highest BCUT2D eigenvalue weighted by Gasteiger charge is 2.09. The van der Waals surface area contributed by atoms with Crippen molar-refractivity contribution in [1.29, 1.82) is 0 Å². The Morgan fingerprint density at radius 2 is 2.27 bits per heavy atom. The number of nitrogens with zero attached hydrogens (tertiary/aromatic N) is 3. The predicted octanol–water partition coefficient (Wildman–Crippen LogP) is 3.25. The second kappa shape index (κ2) is 9.24. The summed E-state index contributed by atoms with van der Waals surface area (Å²) in [6.45, 7) is 1.59. The number of guanidine groups is 1. The molecule has 0 spiro atoms. The van der Waals surface area contributed by atoms with Gasteiger partial charge in [-0.2, -0.15) is 0 Å². The number of rotatable bonds is 5. The maximum atomic E-state index is 5.32. The molecule has 22 heavy (non-hydrogen) atoms. The Balaban J connectivity index is 0.00000242. The van der Waals surface area contributed by atoms with Crippen molar-refractivity contribution < 1.29 is 4.42 Å². The molecule has 0 saturated carbocycles. The number of nitrogens with one attached hydrogen (secondary N) is 1. The average molecular weight is 481 g/mol. The molecule has 0 aliphatic rings. The minimum atomic E-state index is 0. The largest absolute Gasteiger partial charge is 0.469 e. The lowest BCUT2D eigenvalue weighted by atomic mass is 10.3. The van der Waals surface area contributed by atoms with Gasteiger partial charge >= 0.3 is 0 Å². The molecule has 0 aliphatic carbocycles. The molecule has 0 radical (unpaired) electrons. The van der Waals surface area contributed by atoms with Gasteiger partial charge in [-0.05, 0) is 34.1 Å². The normalized spacial score (nSPS) is 11.2. The van der Waals surface area contributed by atoms with Gasteiger partial charge in [0.1, 0.15) is 5.76 Å². The summed E-state index contributed by atoms with van der Waals surface area (Å²) in [7, 11) is 5.87. The quantitative estimate of drug-likeness (QED) is 0.406. The van der Waals surface area contributed by atoms with Gasteiger partial charge in [-0.25, -0.2) is 0 Å². The van der Waals surface area contributed by atoms with Gasteiger partial charge in [0.05, 0.1) is 12.8 Å². The molecule has 0 fully saturated rings. The fourth-order valence-electron chi connectivity index (χ4n) is 2.18. The molecule has 0 bridgehead atoms. The number of halogens is 2. The third-order valence-electron chi connectivity index (χ3n) is 3.28. The topological polar surface area (TPSA) is 45.7 Å². The monoisotopic (exact) mass is 480 g/mol. The van der Waals surface area contributed by atoms with E-state index in [2.05, 4.69) is 48.0 Å². The van der Waals surface area contributed by atoms with Gasteiger partial charge < -0.3 is 19.2 Å². The van der Waals surface area contributed by atoms with E-state index in [0.717, 1.165) is 35.7 Å². The summed E-state index contributed by atoms with van der Waals surface area (Å²) in [6.07, 6.45) is 4.59. The number of aromatic nitrogens is 1. The van der Waals surface area contributed by atoms with Crippen molar-refractivity contribution in [2.24, 2.45) is 12.0 Å². The molecule has 1 N–H and O–H groups in total. The van der Waals surface area contributed by atoms with E-state index < -0.39 is 0 Å². The molecule has 0 amide bonds. The highest BCUT2D eigenvalue weighted by atomic mass is 127. The molecule has 0 unspecified atom stereocenters. The lowest BCUT2D eigenvalue weighted by Crippen LogP contribution is -2.39. The molecule has 0 aliphatic heterocycles. The van der Waals surface area contributed by atoms with Crippen LogP contribution in [0.2, 0.25) is 0 Å². The van der Waals surface area contributed by atoms with Gasteiger partial charge in [0.15, 0.2) is 5.96 Å². The van der Waals surface area contributed by atoms with E-state index in [-0.39, 0.29) is 24.0 Å². The van der Waals surface area contributed by atoms with E-state index in [1.165, 1.54) is 5.69 Å². The average Bonchev–Trinajstić information content (AvgIpc) is 3.05. The summed E-state index contributed by atoms with van der Waals surface area (Å²) in [4.78, 5) is 6.42. The summed E-state index contributed by atoms with van der Waals surface area (Å²) in [6, 6.07) is 6.01. The minimum absolute atomic E-state index is 0. The molecule has 5 nitrogen and oxygen atoms in total. The van der Waals surface area contributed by atoms with Crippen LogP contribution in [0.5, 0.6) is 0 Å². The maximum Gasteiger partial charge on any atom is 0.193 e. The van der Waals surface area contributed by atoms with E-state index in [4.69, 9.17) is 4.42 Å². The van der Waals surface area contributed by atoms with Crippen LogP contribution in [0, 0.1) is 0 Å². The van der Waals surface area contributed by atoms with Crippen LogP contribution >= 0.6 is 39.9 Å². The second-order valence-electron chi connectivity index (χ2n) is 4.92. The highest BCUT2D eigenvalue weighted by Crippen LogP contribution is 2.14. The number of aliphatic imine (C=N–C) groups is 1. The van der Waals surface area contributed by atoms with Crippen LogP contribution in [0.25, 0.3) is 0 Å². The van der Waals surface area contributed by atoms with Crippen LogP contribution in [0.1, 0.15) is 11.5 Å². The van der Waals surface area contributed by atoms with Crippen molar-refractivity contribution in [1.82, 2.24) is 14.8 Å². The molecule has 0 aromatic carbocycles. The Morgan fingerprint density at radius 1 is 1.50 bits per heavy atom. The van der Waals surface area contributed by atoms with Crippen molar-refractivity contribution in [3.8, 4) is 0 Å². The third-order valence-corrected chi connectivity index (χ3v) is 3.72. The van der Waals surface area contributed by atoms with Crippen LogP contribution in [0.3, 0.4) is 0 Å². The molecule has 2 aromatic heterocycles. The van der Waals surface area contributed by atoms with E-state index in [0.29, 0.717) is 0 Å². The van der Waals surface area contributed by atoms with Crippen molar-refractivity contribution >= 4 is 45.9 Å². The molecule has 2 aromatic rings. The van der Waals surface area contributed by atoms with Crippen molar-refractivity contribution in [3.63, 3.8) is 0 Å². The summed E-state index contributed by atoms with van der Waals surface area (Å²) >= 11 is 3.50. The summed E-state index contributed by atoms with van der Waals surface area (Å²) < 4.78 is 8.52. The third kappa shape index (κ3) is 5.35. The number of aryl methyl sites for hydroxylation is 1. The summed E-state index contributed by atoms with van der Waals surface area (Å²) in [5, 5.41) is 3.35. The maximum absolute atomic E-state index is 5.32. The lowest BCUT2D eigenvalue weighted by Gasteiger charge is -2.22. The summed E-state index contributed by atoms with van der Waals surface area (Å²) in [5.74, 6) is 1.85. The molecule has 7 heteroatoms. The molecule has 2 rings (SSSR count). The number of hydrogen-bond acceptors (Lipinski definition) is 2. The first kappa shape index (κ1) is 19.1. The Bertz CT molecular complexity index is 595.